The Hall–Kier alpha value is -2.14. The lowest BCUT2D eigenvalue weighted by Gasteiger charge is -2.16. The highest BCUT2D eigenvalue weighted by molar-refractivity contribution is 9.10. The van der Waals surface area contributed by atoms with Gasteiger partial charge in [-0.2, -0.15) is 0 Å². The van der Waals surface area contributed by atoms with Crippen molar-refractivity contribution in [1.82, 2.24) is 5.32 Å². The minimum absolute atomic E-state index is 0.0646. The Morgan fingerprint density at radius 2 is 1.83 bits per heavy atom. The number of carbonyl (C=O) groups is 2. The maximum atomic E-state index is 12.7. The zero-order valence-electron chi connectivity index (χ0n) is 13.4. The van der Waals surface area contributed by atoms with E-state index in [2.05, 4.69) is 26.6 Å². The summed E-state index contributed by atoms with van der Waals surface area (Å²) in [5.41, 5.74) is 2.38. The number of rotatable bonds is 5. The molecule has 0 atom stereocenters. The molecule has 1 fully saturated rings. The van der Waals surface area contributed by atoms with Crippen LogP contribution in [0.15, 0.2) is 53.0 Å². The summed E-state index contributed by atoms with van der Waals surface area (Å²) < 4.78 is 1.01. The third-order valence-corrected chi connectivity index (χ3v) is 4.81. The summed E-state index contributed by atoms with van der Waals surface area (Å²) >= 11 is 3.42. The van der Waals surface area contributed by atoms with E-state index >= 15 is 0 Å². The van der Waals surface area contributed by atoms with Gasteiger partial charge in [0.15, 0.2) is 0 Å². The number of anilines is 1. The van der Waals surface area contributed by atoms with Crippen molar-refractivity contribution < 1.29 is 9.59 Å². The van der Waals surface area contributed by atoms with Gasteiger partial charge in [0.1, 0.15) is 0 Å². The zero-order valence-corrected chi connectivity index (χ0v) is 15.0. The Morgan fingerprint density at radius 3 is 2.46 bits per heavy atom. The molecule has 0 aromatic heterocycles. The van der Waals surface area contributed by atoms with E-state index in [0.717, 1.165) is 34.1 Å². The summed E-state index contributed by atoms with van der Waals surface area (Å²) in [5, 5.41) is 5.78. The number of nitrogens with one attached hydrogen (secondary N) is 2. The lowest BCUT2D eigenvalue weighted by Crippen LogP contribution is -2.34. The first-order chi connectivity index (χ1) is 11.5. The smallest absolute Gasteiger partial charge is 0.230 e. The molecule has 0 aliphatic heterocycles. The van der Waals surface area contributed by atoms with Crippen LogP contribution in [0.3, 0.4) is 0 Å². The first kappa shape index (κ1) is 16.7. The average Bonchev–Trinajstić information content (AvgIpc) is 3.35. The topological polar surface area (TPSA) is 58.2 Å². The number of hydrogen-bond donors (Lipinski definition) is 2. The molecule has 4 nitrogen and oxygen atoms in total. The summed E-state index contributed by atoms with van der Waals surface area (Å²) in [4.78, 5) is 23.8. The summed E-state index contributed by atoms with van der Waals surface area (Å²) in [6.07, 6.45) is 1.76. The van der Waals surface area contributed by atoms with E-state index in [1.165, 1.54) is 6.92 Å². The van der Waals surface area contributed by atoms with Crippen LogP contribution in [0.2, 0.25) is 0 Å². The molecule has 1 saturated carbocycles. The van der Waals surface area contributed by atoms with Gasteiger partial charge in [-0.1, -0.05) is 40.2 Å². The molecule has 124 valence electrons. The van der Waals surface area contributed by atoms with Gasteiger partial charge in [0.25, 0.3) is 0 Å². The van der Waals surface area contributed by atoms with Crippen LogP contribution in [0.4, 0.5) is 5.69 Å². The molecule has 2 aromatic rings. The van der Waals surface area contributed by atoms with Gasteiger partial charge in [0, 0.05) is 23.6 Å². The number of hydrogen-bond acceptors (Lipinski definition) is 2. The molecular weight excluding hydrogens is 368 g/mol. The minimum Gasteiger partial charge on any atom is -0.351 e. The number of halogens is 1. The van der Waals surface area contributed by atoms with Gasteiger partial charge in [-0.25, -0.2) is 0 Å². The fourth-order valence-corrected chi connectivity index (χ4v) is 3.12. The van der Waals surface area contributed by atoms with Gasteiger partial charge in [0.05, 0.1) is 5.41 Å². The van der Waals surface area contributed by atoms with Gasteiger partial charge in [0.2, 0.25) is 11.8 Å². The molecule has 0 bridgehead atoms. The quantitative estimate of drug-likeness (QED) is 0.821. The van der Waals surface area contributed by atoms with Crippen molar-refractivity contribution in [2.24, 2.45) is 0 Å². The monoisotopic (exact) mass is 386 g/mol. The molecule has 2 aromatic carbocycles. The minimum atomic E-state index is -0.379. The SMILES string of the molecule is CC(=O)Nc1cccc(CNC(=O)C2(c3ccc(Br)cc3)CC2)c1. The highest BCUT2D eigenvalue weighted by Gasteiger charge is 2.50. The Kier molecular flexibility index (Phi) is 4.71. The maximum absolute atomic E-state index is 12.7. The molecule has 0 radical (unpaired) electrons. The van der Waals surface area contributed by atoms with Crippen molar-refractivity contribution in [2.75, 3.05) is 5.32 Å². The third-order valence-electron chi connectivity index (χ3n) is 4.28. The van der Waals surface area contributed by atoms with Crippen LogP contribution in [-0.4, -0.2) is 11.8 Å². The Bertz CT molecular complexity index is 767. The number of carbonyl (C=O) groups excluding carboxylic acids is 2. The van der Waals surface area contributed by atoms with Crippen molar-refractivity contribution in [3.05, 3.63) is 64.1 Å². The van der Waals surface area contributed by atoms with Crippen LogP contribution < -0.4 is 10.6 Å². The second-order valence-electron chi connectivity index (χ2n) is 6.15. The van der Waals surface area contributed by atoms with Crippen LogP contribution in [0, 0.1) is 0 Å². The average molecular weight is 387 g/mol. The molecule has 1 aliphatic rings. The number of benzene rings is 2. The molecule has 0 heterocycles. The van der Waals surface area contributed by atoms with Gasteiger partial charge in [-0.05, 0) is 48.2 Å². The normalized spacial score (nSPS) is 14.8. The summed E-state index contributed by atoms with van der Waals surface area (Å²) in [7, 11) is 0. The fourth-order valence-electron chi connectivity index (χ4n) is 2.85. The lowest BCUT2D eigenvalue weighted by molar-refractivity contribution is -0.123. The molecule has 0 unspecified atom stereocenters. The molecule has 0 saturated heterocycles. The molecule has 3 rings (SSSR count). The molecular formula is C19H19BrN2O2. The van der Waals surface area contributed by atoms with Crippen LogP contribution in [0.1, 0.15) is 30.9 Å². The molecule has 24 heavy (non-hydrogen) atoms. The Morgan fingerprint density at radius 1 is 1.12 bits per heavy atom. The second-order valence-corrected chi connectivity index (χ2v) is 7.07. The van der Waals surface area contributed by atoms with Gasteiger partial charge < -0.3 is 10.6 Å². The fraction of sp³-hybridized carbons (Fsp3) is 0.263. The van der Waals surface area contributed by atoms with Crippen LogP contribution >= 0.6 is 15.9 Å². The molecule has 0 spiro atoms. The maximum Gasteiger partial charge on any atom is 0.230 e. The predicted octanol–water partition coefficient (Wildman–Crippen LogP) is 3.76. The second kappa shape index (κ2) is 6.77. The molecule has 2 amide bonds. The molecule has 5 heteroatoms. The highest BCUT2D eigenvalue weighted by atomic mass is 79.9. The zero-order chi connectivity index (χ0) is 17.2. The Labute approximate surface area is 149 Å². The van der Waals surface area contributed by atoms with Crippen molar-refractivity contribution >= 4 is 33.4 Å². The van der Waals surface area contributed by atoms with E-state index in [4.69, 9.17) is 0 Å². The van der Waals surface area contributed by atoms with Gasteiger partial charge in [-0.3, -0.25) is 9.59 Å². The largest absolute Gasteiger partial charge is 0.351 e. The van der Waals surface area contributed by atoms with E-state index in [-0.39, 0.29) is 17.2 Å². The third kappa shape index (κ3) is 3.67. The summed E-state index contributed by atoms with van der Waals surface area (Å²) in [5.74, 6) is -0.0434. The van der Waals surface area contributed by atoms with E-state index < -0.39 is 0 Å². The molecule has 2 N–H and O–H groups in total. The molecule has 1 aliphatic carbocycles. The van der Waals surface area contributed by atoms with Gasteiger partial charge in [-0.15, -0.1) is 0 Å². The summed E-state index contributed by atoms with van der Waals surface area (Å²) in [6, 6.07) is 15.5. The van der Waals surface area contributed by atoms with Crippen molar-refractivity contribution in [1.29, 1.82) is 0 Å². The lowest BCUT2D eigenvalue weighted by atomic mass is 9.95. The van der Waals surface area contributed by atoms with Crippen LogP contribution in [-0.2, 0) is 21.5 Å². The van der Waals surface area contributed by atoms with Crippen LogP contribution in [0.25, 0.3) is 0 Å². The Balaban J connectivity index is 1.65. The highest BCUT2D eigenvalue weighted by Crippen LogP contribution is 2.48. The first-order valence-corrected chi connectivity index (χ1v) is 8.70. The van der Waals surface area contributed by atoms with E-state index in [1.54, 1.807) is 0 Å². The van der Waals surface area contributed by atoms with E-state index in [1.807, 2.05) is 48.5 Å². The summed E-state index contributed by atoms with van der Waals surface area (Å²) in [6.45, 7) is 1.92. The van der Waals surface area contributed by atoms with Crippen molar-refractivity contribution in [2.45, 2.75) is 31.7 Å². The van der Waals surface area contributed by atoms with Crippen LogP contribution in [0.5, 0.6) is 0 Å². The first-order valence-electron chi connectivity index (χ1n) is 7.90. The van der Waals surface area contributed by atoms with Crippen molar-refractivity contribution in [3.63, 3.8) is 0 Å². The van der Waals surface area contributed by atoms with E-state index in [0.29, 0.717) is 6.54 Å². The number of amides is 2. The van der Waals surface area contributed by atoms with E-state index in [9.17, 15) is 9.59 Å². The van der Waals surface area contributed by atoms with Crippen molar-refractivity contribution in [3.8, 4) is 0 Å². The predicted molar refractivity (Wildman–Crippen MR) is 97.6 cm³/mol. The standard InChI is InChI=1S/C19H19BrN2O2/c1-13(23)22-17-4-2-3-14(11-17)12-21-18(24)19(9-10-19)15-5-7-16(20)8-6-15/h2-8,11H,9-10,12H2,1H3,(H,21,24)(H,22,23). The van der Waals surface area contributed by atoms with Gasteiger partial charge >= 0.3 is 0 Å².